The van der Waals surface area contributed by atoms with Crippen LogP contribution in [0.4, 0.5) is 5.82 Å². The standard InChI is InChI=1S/C7H8N4/c1-2-3-6-4-5-9-11-7(6)10-8/h2-5,8H,1H3/b3-2-,10-8?. The normalized spacial score (nSPS) is 10.3. The van der Waals surface area contributed by atoms with Gasteiger partial charge in [0.05, 0.1) is 6.20 Å². The van der Waals surface area contributed by atoms with E-state index in [1.165, 1.54) is 0 Å². The molecular formula is C7H8N4. The SMILES string of the molecule is C/C=C\c1ccnnc1N=N. The van der Waals surface area contributed by atoms with E-state index in [-0.39, 0.29) is 0 Å². The van der Waals surface area contributed by atoms with Crippen molar-refractivity contribution in [2.45, 2.75) is 6.92 Å². The zero-order chi connectivity index (χ0) is 8.10. The average molecular weight is 148 g/mol. The molecule has 0 radical (unpaired) electrons. The first-order valence-electron chi connectivity index (χ1n) is 3.20. The van der Waals surface area contributed by atoms with E-state index in [1.807, 2.05) is 19.1 Å². The van der Waals surface area contributed by atoms with E-state index in [0.29, 0.717) is 5.82 Å². The molecule has 0 aliphatic carbocycles. The van der Waals surface area contributed by atoms with E-state index in [4.69, 9.17) is 5.53 Å². The molecule has 56 valence electrons. The van der Waals surface area contributed by atoms with Gasteiger partial charge in [0.15, 0.2) is 0 Å². The van der Waals surface area contributed by atoms with Crippen molar-refractivity contribution in [1.82, 2.24) is 10.2 Å². The summed E-state index contributed by atoms with van der Waals surface area (Å²) in [5, 5.41) is 10.5. The first-order valence-corrected chi connectivity index (χ1v) is 3.20. The zero-order valence-electron chi connectivity index (χ0n) is 6.15. The molecule has 0 aliphatic rings. The molecule has 0 unspecified atom stereocenters. The van der Waals surface area contributed by atoms with Crippen LogP contribution in [0.25, 0.3) is 6.08 Å². The van der Waals surface area contributed by atoms with E-state index in [1.54, 1.807) is 12.3 Å². The maximum atomic E-state index is 6.75. The molecule has 0 amide bonds. The number of hydrogen-bond donors (Lipinski definition) is 1. The number of rotatable bonds is 2. The summed E-state index contributed by atoms with van der Waals surface area (Å²) in [4.78, 5) is 0. The van der Waals surface area contributed by atoms with Crippen molar-refractivity contribution >= 4 is 11.9 Å². The highest BCUT2D eigenvalue weighted by atomic mass is 15.2. The summed E-state index contributed by atoms with van der Waals surface area (Å²) in [5.41, 5.74) is 7.57. The lowest BCUT2D eigenvalue weighted by Gasteiger charge is -1.92. The molecule has 1 heterocycles. The molecule has 0 saturated heterocycles. The van der Waals surface area contributed by atoms with Crippen molar-refractivity contribution in [3.8, 4) is 0 Å². The average Bonchev–Trinajstić information content (AvgIpc) is 2.06. The maximum absolute atomic E-state index is 6.75. The number of nitrogens with zero attached hydrogens (tertiary/aromatic N) is 3. The fourth-order valence-corrected chi connectivity index (χ4v) is 0.730. The second-order valence-electron chi connectivity index (χ2n) is 1.92. The van der Waals surface area contributed by atoms with E-state index in [0.717, 1.165) is 5.56 Å². The Bertz CT molecular complexity index is 280. The second kappa shape index (κ2) is 3.55. The van der Waals surface area contributed by atoms with Gasteiger partial charge in [0.25, 0.3) is 0 Å². The molecule has 0 aliphatic heterocycles. The Kier molecular flexibility index (Phi) is 2.43. The topological polar surface area (TPSA) is 62.0 Å². The highest BCUT2D eigenvalue weighted by Gasteiger charge is 1.96. The van der Waals surface area contributed by atoms with E-state index >= 15 is 0 Å². The Morgan fingerprint density at radius 1 is 1.64 bits per heavy atom. The molecule has 1 N–H and O–H groups in total. The minimum atomic E-state index is 0.352. The molecule has 1 aromatic heterocycles. The van der Waals surface area contributed by atoms with Crippen molar-refractivity contribution in [1.29, 1.82) is 5.53 Å². The summed E-state index contributed by atoms with van der Waals surface area (Å²) in [6.07, 6.45) is 5.28. The molecular weight excluding hydrogens is 140 g/mol. The minimum Gasteiger partial charge on any atom is -0.203 e. The van der Waals surface area contributed by atoms with Crippen molar-refractivity contribution in [2.24, 2.45) is 5.11 Å². The summed E-state index contributed by atoms with van der Waals surface area (Å²) in [7, 11) is 0. The smallest absolute Gasteiger partial charge is 0.202 e. The van der Waals surface area contributed by atoms with Crippen LogP contribution in [-0.4, -0.2) is 10.2 Å². The predicted octanol–water partition coefficient (Wildman–Crippen LogP) is 2.17. The third-order valence-corrected chi connectivity index (χ3v) is 1.18. The second-order valence-corrected chi connectivity index (χ2v) is 1.92. The summed E-state index contributed by atoms with van der Waals surface area (Å²) >= 11 is 0. The van der Waals surface area contributed by atoms with Crippen LogP contribution in [0.15, 0.2) is 23.5 Å². The monoisotopic (exact) mass is 148 g/mol. The fourth-order valence-electron chi connectivity index (χ4n) is 0.730. The molecule has 0 saturated carbocycles. The Labute approximate surface area is 64.5 Å². The largest absolute Gasteiger partial charge is 0.203 e. The predicted molar refractivity (Wildman–Crippen MR) is 41.5 cm³/mol. The minimum absolute atomic E-state index is 0.352. The van der Waals surface area contributed by atoms with Crippen LogP contribution in [0.5, 0.6) is 0 Å². The van der Waals surface area contributed by atoms with Crippen molar-refractivity contribution in [2.75, 3.05) is 0 Å². The summed E-state index contributed by atoms with van der Waals surface area (Å²) in [6.45, 7) is 1.90. The van der Waals surface area contributed by atoms with Crippen molar-refractivity contribution < 1.29 is 0 Å². The van der Waals surface area contributed by atoms with Gasteiger partial charge >= 0.3 is 0 Å². The van der Waals surface area contributed by atoms with Crippen LogP contribution in [0, 0.1) is 5.53 Å². The molecule has 0 atom stereocenters. The molecule has 0 fully saturated rings. The first-order chi connectivity index (χ1) is 5.38. The van der Waals surface area contributed by atoms with Gasteiger partial charge in [-0.1, -0.05) is 12.2 Å². The summed E-state index contributed by atoms with van der Waals surface area (Å²) in [5.74, 6) is 0.352. The number of allylic oxidation sites excluding steroid dienone is 1. The van der Waals surface area contributed by atoms with Crippen LogP contribution < -0.4 is 0 Å². The lowest BCUT2D eigenvalue weighted by Crippen LogP contribution is -1.82. The molecule has 4 heteroatoms. The van der Waals surface area contributed by atoms with Crippen LogP contribution in [-0.2, 0) is 0 Å². The molecule has 1 aromatic rings. The van der Waals surface area contributed by atoms with Gasteiger partial charge in [-0.25, -0.2) is 5.53 Å². The number of hydrogen-bond acceptors (Lipinski definition) is 4. The lowest BCUT2D eigenvalue weighted by atomic mass is 10.2. The lowest BCUT2D eigenvalue weighted by molar-refractivity contribution is 0.975. The van der Waals surface area contributed by atoms with Gasteiger partial charge in [-0.3, -0.25) is 0 Å². The maximum Gasteiger partial charge on any atom is 0.202 e. The van der Waals surface area contributed by atoms with E-state index in [2.05, 4.69) is 15.3 Å². The Morgan fingerprint density at radius 3 is 3.09 bits per heavy atom. The Balaban J connectivity index is 3.11. The van der Waals surface area contributed by atoms with E-state index in [9.17, 15) is 0 Å². The Morgan fingerprint density at radius 2 is 2.45 bits per heavy atom. The molecule has 0 spiro atoms. The molecule has 0 aromatic carbocycles. The highest BCUT2D eigenvalue weighted by molar-refractivity contribution is 5.58. The quantitative estimate of drug-likeness (QED) is 0.653. The molecule has 11 heavy (non-hydrogen) atoms. The van der Waals surface area contributed by atoms with Gasteiger partial charge in [-0.05, 0) is 13.0 Å². The highest BCUT2D eigenvalue weighted by Crippen LogP contribution is 2.14. The van der Waals surface area contributed by atoms with Gasteiger partial charge < -0.3 is 0 Å². The van der Waals surface area contributed by atoms with Gasteiger partial charge in [-0.15, -0.1) is 10.2 Å². The molecule has 1 rings (SSSR count). The number of aromatic nitrogens is 2. The summed E-state index contributed by atoms with van der Waals surface area (Å²) < 4.78 is 0. The third kappa shape index (κ3) is 1.67. The van der Waals surface area contributed by atoms with Crippen LogP contribution in [0.3, 0.4) is 0 Å². The van der Waals surface area contributed by atoms with Gasteiger partial charge in [0, 0.05) is 5.56 Å². The third-order valence-electron chi connectivity index (χ3n) is 1.18. The zero-order valence-corrected chi connectivity index (χ0v) is 6.15. The van der Waals surface area contributed by atoms with Crippen LogP contribution in [0.1, 0.15) is 12.5 Å². The molecule has 0 bridgehead atoms. The Hall–Kier alpha value is -1.58. The van der Waals surface area contributed by atoms with E-state index < -0.39 is 0 Å². The van der Waals surface area contributed by atoms with Crippen molar-refractivity contribution in [3.05, 3.63) is 23.9 Å². The van der Waals surface area contributed by atoms with Gasteiger partial charge in [0.1, 0.15) is 0 Å². The van der Waals surface area contributed by atoms with Gasteiger partial charge in [-0.2, -0.15) is 5.10 Å². The summed E-state index contributed by atoms with van der Waals surface area (Å²) in [6, 6.07) is 1.76. The van der Waals surface area contributed by atoms with Crippen LogP contribution in [0.2, 0.25) is 0 Å². The van der Waals surface area contributed by atoms with Gasteiger partial charge in [0.2, 0.25) is 5.82 Å². The number of nitrogens with one attached hydrogen (secondary N) is 1. The molecule has 4 nitrogen and oxygen atoms in total. The fraction of sp³-hybridized carbons (Fsp3) is 0.143. The van der Waals surface area contributed by atoms with Crippen LogP contribution >= 0.6 is 0 Å². The van der Waals surface area contributed by atoms with Crippen molar-refractivity contribution in [3.63, 3.8) is 0 Å². The first kappa shape index (κ1) is 7.53.